The Morgan fingerprint density at radius 2 is 1.53 bits per heavy atom. The predicted molar refractivity (Wildman–Crippen MR) is 91.5 cm³/mol. The fourth-order valence-electron chi connectivity index (χ4n) is 1.21. The largest absolute Gasteiger partial charge is 0.419 e. The second-order valence-corrected chi connectivity index (χ2v) is 8.76. The SMILES string of the molecule is CCC[SiH2]OCC(O[SiH2]C=C(C)C)O[SiH2]C=C(C)C. The van der Waals surface area contributed by atoms with Crippen molar-refractivity contribution < 1.29 is 13.3 Å². The summed E-state index contributed by atoms with van der Waals surface area (Å²) in [6, 6.07) is 1.24. The molecule has 19 heavy (non-hydrogen) atoms. The minimum Gasteiger partial charge on any atom is -0.419 e. The molecule has 0 aliphatic rings. The Morgan fingerprint density at radius 1 is 1.00 bits per heavy atom. The summed E-state index contributed by atoms with van der Waals surface area (Å²) >= 11 is 0. The normalized spacial score (nSPS) is 13.9. The maximum atomic E-state index is 5.86. The van der Waals surface area contributed by atoms with Crippen molar-refractivity contribution in [2.24, 2.45) is 0 Å². The fraction of sp³-hybridized carbons (Fsp3) is 0.692. The van der Waals surface area contributed by atoms with Crippen molar-refractivity contribution in [1.82, 2.24) is 0 Å². The minimum absolute atomic E-state index is 0.131. The lowest BCUT2D eigenvalue weighted by Crippen LogP contribution is -2.27. The summed E-state index contributed by atoms with van der Waals surface area (Å²) in [5, 5.41) is 0. The van der Waals surface area contributed by atoms with Crippen LogP contribution in [0.3, 0.4) is 0 Å². The molecule has 112 valence electrons. The molecule has 3 nitrogen and oxygen atoms in total. The van der Waals surface area contributed by atoms with Gasteiger partial charge in [0.2, 0.25) is 0 Å². The second kappa shape index (κ2) is 13.0. The summed E-state index contributed by atoms with van der Waals surface area (Å²) in [5.41, 5.74) is 7.08. The summed E-state index contributed by atoms with van der Waals surface area (Å²) in [6.07, 6.45) is 1.09. The standard InChI is InChI=1S/C13H30O3Si3/c1-6-7-17-14-8-13(15-18-9-11(2)3)16-19-10-12(4)5/h9-10,13H,6-8,17-19H2,1-5H3. The van der Waals surface area contributed by atoms with Crippen molar-refractivity contribution in [2.75, 3.05) is 6.61 Å². The van der Waals surface area contributed by atoms with Gasteiger partial charge in [-0.2, -0.15) is 0 Å². The van der Waals surface area contributed by atoms with Crippen LogP contribution in [0.1, 0.15) is 41.0 Å². The Hall–Kier alpha value is 0.0106. The topological polar surface area (TPSA) is 27.7 Å². The van der Waals surface area contributed by atoms with E-state index in [9.17, 15) is 0 Å². The first-order valence-corrected chi connectivity index (χ1v) is 11.5. The predicted octanol–water partition coefficient (Wildman–Crippen LogP) is 1.29. The molecule has 0 aliphatic carbocycles. The molecule has 0 aromatic carbocycles. The molecule has 0 heterocycles. The summed E-state index contributed by atoms with van der Waals surface area (Å²) in [4.78, 5) is 0. The molecule has 0 spiro atoms. The molecule has 0 radical (unpaired) electrons. The number of hydrogen-bond acceptors (Lipinski definition) is 3. The summed E-state index contributed by atoms with van der Waals surface area (Å²) in [5.74, 6) is 0. The summed E-state index contributed by atoms with van der Waals surface area (Å²) in [6.45, 7) is 11.2. The molecular formula is C13H30O3Si3. The maximum absolute atomic E-state index is 5.86. The van der Waals surface area contributed by atoms with E-state index in [0.29, 0.717) is 6.61 Å². The lowest BCUT2D eigenvalue weighted by Gasteiger charge is -2.18. The lowest BCUT2D eigenvalue weighted by atomic mass is 10.4. The molecule has 0 bridgehead atoms. The maximum Gasteiger partial charge on any atom is 0.188 e. The average Bonchev–Trinajstić information content (AvgIpc) is 2.33. The third kappa shape index (κ3) is 14.2. The van der Waals surface area contributed by atoms with Crippen LogP contribution in [-0.2, 0) is 13.3 Å². The van der Waals surface area contributed by atoms with Gasteiger partial charge in [-0.05, 0) is 33.7 Å². The third-order valence-corrected chi connectivity index (χ3v) is 7.06. The van der Waals surface area contributed by atoms with Gasteiger partial charge in [0, 0.05) is 0 Å². The van der Waals surface area contributed by atoms with E-state index in [0.717, 1.165) is 0 Å². The second-order valence-electron chi connectivity index (χ2n) is 5.09. The van der Waals surface area contributed by atoms with Gasteiger partial charge >= 0.3 is 0 Å². The average molecular weight is 319 g/mol. The van der Waals surface area contributed by atoms with Crippen molar-refractivity contribution in [1.29, 1.82) is 0 Å². The van der Waals surface area contributed by atoms with Crippen molar-refractivity contribution in [3.8, 4) is 0 Å². The number of hydrogen-bond donors (Lipinski definition) is 0. The lowest BCUT2D eigenvalue weighted by molar-refractivity contribution is -0.0218. The highest BCUT2D eigenvalue weighted by atomic mass is 28.2. The molecule has 0 saturated heterocycles. The highest BCUT2D eigenvalue weighted by molar-refractivity contribution is 6.35. The van der Waals surface area contributed by atoms with Gasteiger partial charge in [-0.25, -0.2) is 0 Å². The van der Waals surface area contributed by atoms with Crippen molar-refractivity contribution in [3.63, 3.8) is 0 Å². The van der Waals surface area contributed by atoms with Gasteiger partial charge in [0.15, 0.2) is 35.6 Å². The molecule has 0 aromatic rings. The quantitative estimate of drug-likeness (QED) is 0.326. The number of allylic oxidation sites excluding steroid dienone is 2. The molecule has 0 rings (SSSR count). The first kappa shape index (κ1) is 19.0. The summed E-state index contributed by atoms with van der Waals surface area (Å²) in [7, 11) is -1.61. The van der Waals surface area contributed by atoms with Crippen molar-refractivity contribution in [3.05, 3.63) is 22.5 Å². The third-order valence-electron chi connectivity index (χ3n) is 2.44. The zero-order valence-electron chi connectivity index (χ0n) is 13.2. The van der Waals surface area contributed by atoms with Gasteiger partial charge in [0.05, 0.1) is 6.61 Å². The van der Waals surface area contributed by atoms with Gasteiger partial charge in [0.1, 0.15) is 0 Å². The molecule has 0 unspecified atom stereocenters. The van der Waals surface area contributed by atoms with Gasteiger partial charge < -0.3 is 13.3 Å². The summed E-state index contributed by atoms with van der Waals surface area (Å²) < 4.78 is 17.5. The van der Waals surface area contributed by atoms with Gasteiger partial charge in [-0.15, -0.1) is 0 Å². The van der Waals surface area contributed by atoms with E-state index in [1.165, 1.54) is 23.6 Å². The smallest absolute Gasteiger partial charge is 0.188 e. The highest BCUT2D eigenvalue weighted by Crippen LogP contribution is 1.99. The molecule has 0 aliphatic heterocycles. The van der Waals surface area contributed by atoms with Gasteiger partial charge in [-0.3, -0.25) is 0 Å². The molecular weight excluding hydrogens is 288 g/mol. The van der Waals surface area contributed by atoms with E-state index in [1.807, 2.05) is 0 Å². The van der Waals surface area contributed by atoms with E-state index in [1.54, 1.807) is 0 Å². The van der Waals surface area contributed by atoms with Gasteiger partial charge in [-0.1, -0.05) is 35.9 Å². The number of rotatable bonds is 11. The Balaban J connectivity index is 3.99. The molecule has 0 aromatic heterocycles. The highest BCUT2D eigenvalue weighted by Gasteiger charge is 2.07. The first-order chi connectivity index (χ1) is 9.06. The van der Waals surface area contributed by atoms with E-state index >= 15 is 0 Å². The van der Waals surface area contributed by atoms with Crippen LogP contribution in [-0.4, -0.2) is 42.2 Å². The Labute approximate surface area is 125 Å². The minimum atomic E-state index is -0.620. The molecule has 0 N–H and O–H groups in total. The van der Waals surface area contributed by atoms with Crippen LogP contribution in [0, 0.1) is 0 Å². The molecule has 6 heteroatoms. The van der Waals surface area contributed by atoms with Crippen LogP contribution >= 0.6 is 0 Å². The van der Waals surface area contributed by atoms with Crippen LogP contribution in [0.2, 0.25) is 6.04 Å². The van der Waals surface area contributed by atoms with Crippen molar-refractivity contribution in [2.45, 2.75) is 53.4 Å². The molecule has 0 saturated carbocycles. The van der Waals surface area contributed by atoms with E-state index in [4.69, 9.17) is 13.3 Å². The van der Waals surface area contributed by atoms with Crippen LogP contribution in [0.15, 0.2) is 22.5 Å². The molecule has 0 fully saturated rings. The fourth-order valence-corrected chi connectivity index (χ4v) is 3.93. The molecule has 0 amide bonds. The Kier molecular flexibility index (Phi) is 13.0. The Bertz CT molecular complexity index is 250. The molecule has 0 atom stereocenters. The zero-order chi connectivity index (χ0) is 14.5. The van der Waals surface area contributed by atoms with Gasteiger partial charge in [0.25, 0.3) is 0 Å². The van der Waals surface area contributed by atoms with Crippen LogP contribution in [0.5, 0.6) is 0 Å². The van der Waals surface area contributed by atoms with E-state index < -0.39 is 19.5 Å². The Morgan fingerprint density at radius 3 is 1.95 bits per heavy atom. The van der Waals surface area contributed by atoms with Crippen LogP contribution in [0.4, 0.5) is 0 Å². The van der Waals surface area contributed by atoms with E-state index in [2.05, 4.69) is 46.0 Å². The first-order valence-electron chi connectivity index (χ1n) is 7.14. The van der Waals surface area contributed by atoms with Crippen LogP contribution in [0.25, 0.3) is 0 Å². The van der Waals surface area contributed by atoms with E-state index in [-0.39, 0.29) is 16.1 Å². The zero-order valence-corrected chi connectivity index (χ0v) is 17.4. The van der Waals surface area contributed by atoms with Crippen molar-refractivity contribution >= 4 is 29.3 Å². The monoisotopic (exact) mass is 318 g/mol. The van der Waals surface area contributed by atoms with Crippen LogP contribution < -0.4 is 0 Å².